The smallest absolute Gasteiger partial charge is 0.308 e. The highest BCUT2D eigenvalue weighted by atomic mass is 16.5. The van der Waals surface area contributed by atoms with Crippen molar-refractivity contribution in [2.75, 3.05) is 13.7 Å². The van der Waals surface area contributed by atoms with Gasteiger partial charge in [-0.15, -0.1) is 0 Å². The van der Waals surface area contributed by atoms with Crippen LogP contribution in [0.5, 0.6) is 5.75 Å². The van der Waals surface area contributed by atoms with Gasteiger partial charge in [0.25, 0.3) is 0 Å². The van der Waals surface area contributed by atoms with Crippen LogP contribution < -0.4 is 4.74 Å². The first-order valence-electron chi connectivity index (χ1n) is 8.92. The maximum atomic E-state index is 11.7. The van der Waals surface area contributed by atoms with E-state index in [-0.39, 0.29) is 11.9 Å². The zero-order valence-corrected chi connectivity index (χ0v) is 14.0. The molecule has 0 saturated heterocycles. The van der Waals surface area contributed by atoms with Crippen LogP contribution in [0.25, 0.3) is 0 Å². The van der Waals surface area contributed by atoms with E-state index in [2.05, 4.69) is 11.1 Å². The van der Waals surface area contributed by atoms with Crippen molar-refractivity contribution in [1.82, 2.24) is 4.98 Å². The van der Waals surface area contributed by atoms with Crippen LogP contribution in [0, 0.1) is 11.8 Å². The molecule has 23 heavy (non-hydrogen) atoms. The van der Waals surface area contributed by atoms with Gasteiger partial charge in [-0.25, -0.2) is 0 Å². The average Bonchev–Trinajstić information content (AvgIpc) is 3.11. The van der Waals surface area contributed by atoms with Gasteiger partial charge in [0.15, 0.2) is 0 Å². The number of hydrogen-bond acceptors (Lipinski definition) is 4. The van der Waals surface area contributed by atoms with E-state index in [0.29, 0.717) is 11.8 Å². The fourth-order valence-corrected chi connectivity index (χ4v) is 3.97. The molecule has 1 aromatic rings. The topological polar surface area (TPSA) is 48.4 Å². The molecule has 0 aliphatic heterocycles. The molecule has 1 heterocycles. The number of aromatic nitrogens is 1. The molecule has 0 N–H and O–H groups in total. The van der Waals surface area contributed by atoms with E-state index in [0.717, 1.165) is 31.6 Å². The van der Waals surface area contributed by atoms with Crippen LogP contribution in [-0.4, -0.2) is 24.7 Å². The van der Waals surface area contributed by atoms with E-state index >= 15 is 0 Å². The number of carbonyl (C=O) groups excluding carboxylic acids is 1. The Morgan fingerprint density at radius 3 is 2.78 bits per heavy atom. The Morgan fingerprint density at radius 1 is 1.17 bits per heavy atom. The van der Waals surface area contributed by atoms with E-state index in [1.807, 2.05) is 6.20 Å². The van der Waals surface area contributed by atoms with Crippen LogP contribution in [0.15, 0.2) is 18.5 Å². The normalized spacial score (nSPS) is 25.3. The van der Waals surface area contributed by atoms with Crippen molar-refractivity contribution < 1.29 is 14.3 Å². The lowest BCUT2D eigenvalue weighted by Crippen LogP contribution is -2.15. The number of ether oxygens (including phenoxy) is 2. The highest BCUT2D eigenvalue weighted by Crippen LogP contribution is 2.39. The largest absolute Gasteiger partial charge is 0.492 e. The van der Waals surface area contributed by atoms with Gasteiger partial charge in [-0.3, -0.25) is 9.78 Å². The third kappa shape index (κ3) is 4.24. The molecule has 2 aliphatic carbocycles. The van der Waals surface area contributed by atoms with Gasteiger partial charge in [0.1, 0.15) is 5.75 Å². The van der Waals surface area contributed by atoms with E-state index in [4.69, 9.17) is 9.47 Å². The zero-order chi connectivity index (χ0) is 16.1. The highest BCUT2D eigenvalue weighted by Gasteiger charge is 2.31. The lowest BCUT2D eigenvalue weighted by molar-refractivity contribution is -0.145. The van der Waals surface area contributed by atoms with Crippen LogP contribution in [-0.2, 0) is 9.53 Å². The van der Waals surface area contributed by atoms with Crippen LogP contribution in [0.4, 0.5) is 0 Å². The number of methoxy groups -OCH3 is 1. The quantitative estimate of drug-likeness (QED) is 0.767. The summed E-state index contributed by atoms with van der Waals surface area (Å²) in [6, 6.07) is 2.11. The summed E-state index contributed by atoms with van der Waals surface area (Å²) < 4.78 is 10.9. The van der Waals surface area contributed by atoms with Crippen LogP contribution >= 0.6 is 0 Å². The van der Waals surface area contributed by atoms with Crippen molar-refractivity contribution in [3.63, 3.8) is 0 Å². The third-order valence-corrected chi connectivity index (χ3v) is 5.38. The van der Waals surface area contributed by atoms with E-state index < -0.39 is 0 Å². The van der Waals surface area contributed by atoms with Crippen molar-refractivity contribution >= 4 is 5.97 Å². The summed E-state index contributed by atoms with van der Waals surface area (Å²) in [5, 5.41) is 0. The number of hydrogen-bond donors (Lipinski definition) is 0. The molecule has 3 rings (SSSR count). The molecule has 0 bridgehead atoms. The molecule has 2 fully saturated rings. The standard InChI is InChI=1S/C19H27NO3/c1-22-19(21)16-8-7-15(9-16)17-10-18(12-20-11-17)23-13-14-5-3-2-4-6-14/h10-12,14-16H,2-9,13H2,1H3. The fraction of sp³-hybridized carbons (Fsp3) is 0.684. The van der Waals surface area contributed by atoms with Crippen molar-refractivity contribution in [3.05, 3.63) is 24.0 Å². The Balaban J connectivity index is 1.56. The molecular formula is C19H27NO3. The molecule has 0 spiro atoms. The second-order valence-corrected chi connectivity index (χ2v) is 7.00. The second kappa shape index (κ2) is 7.80. The summed E-state index contributed by atoms with van der Waals surface area (Å²) in [6.45, 7) is 0.806. The van der Waals surface area contributed by atoms with Gasteiger partial charge in [-0.1, -0.05) is 19.3 Å². The van der Waals surface area contributed by atoms with Gasteiger partial charge in [-0.05, 0) is 55.6 Å². The molecule has 0 radical (unpaired) electrons. The van der Waals surface area contributed by atoms with Gasteiger partial charge in [0.05, 0.1) is 25.8 Å². The summed E-state index contributed by atoms with van der Waals surface area (Å²) in [5.41, 5.74) is 1.19. The Bertz CT molecular complexity index is 525. The molecule has 4 heteroatoms. The first kappa shape index (κ1) is 16.3. The van der Waals surface area contributed by atoms with Crippen molar-refractivity contribution in [3.8, 4) is 5.75 Å². The van der Waals surface area contributed by atoms with Gasteiger partial charge in [-0.2, -0.15) is 0 Å². The molecule has 0 aromatic carbocycles. The van der Waals surface area contributed by atoms with Crippen LogP contribution in [0.3, 0.4) is 0 Å². The highest BCUT2D eigenvalue weighted by molar-refractivity contribution is 5.72. The van der Waals surface area contributed by atoms with Gasteiger partial charge >= 0.3 is 5.97 Å². The second-order valence-electron chi connectivity index (χ2n) is 7.00. The third-order valence-electron chi connectivity index (χ3n) is 5.38. The molecule has 2 unspecified atom stereocenters. The molecule has 2 aliphatic rings. The molecule has 0 amide bonds. The number of esters is 1. The lowest BCUT2D eigenvalue weighted by Gasteiger charge is -2.21. The van der Waals surface area contributed by atoms with Crippen molar-refractivity contribution in [2.45, 2.75) is 57.3 Å². The molecule has 2 saturated carbocycles. The number of nitrogens with zero attached hydrogens (tertiary/aromatic N) is 1. The summed E-state index contributed by atoms with van der Waals surface area (Å²) >= 11 is 0. The first-order chi connectivity index (χ1) is 11.3. The Kier molecular flexibility index (Phi) is 5.52. The fourth-order valence-electron chi connectivity index (χ4n) is 3.97. The minimum absolute atomic E-state index is 0.0387. The number of rotatable bonds is 5. The first-order valence-corrected chi connectivity index (χ1v) is 8.92. The maximum Gasteiger partial charge on any atom is 0.308 e. The van der Waals surface area contributed by atoms with E-state index in [1.54, 1.807) is 6.20 Å². The number of pyridine rings is 1. The predicted molar refractivity (Wildman–Crippen MR) is 88.4 cm³/mol. The predicted octanol–water partition coefficient (Wildman–Crippen LogP) is 4.10. The SMILES string of the molecule is COC(=O)C1CCC(c2cncc(OCC3CCCCC3)c2)C1. The van der Waals surface area contributed by atoms with Gasteiger partial charge in [0, 0.05) is 6.20 Å². The molecule has 4 nitrogen and oxygen atoms in total. The van der Waals surface area contributed by atoms with Crippen molar-refractivity contribution in [2.24, 2.45) is 11.8 Å². The number of carbonyl (C=O) groups is 1. The summed E-state index contributed by atoms with van der Waals surface area (Å²) in [5.74, 6) is 1.92. The molecular weight excluding hydrogens is 290 g/mol. The Morgan fingerprint density at radius 2 is 2.00 bits per heavy atom. The lowest BCUT2D eigenvalue weighted by atomic mass is 9.90. The zero-order valence-electron chi connectivity index (χ0n) is 14.0. The molecule has 1 aromatic heterocycles. The van der Waals surface area contributed by atoms with Crippen LogP contribution in [0.2, 0.25) is 0 Å². The minimum atomic E-state index is -0.0786. The van der Waals surface area contributed by atoms with Crippen LogP contribution in [0.1, 0.15) is 62.8 Å². The van der Waals surface area contributed by atoms with Gasteiger partial charge < -0.3 is 9.47 Å². The summed E-state index contributed by atoms with van der Waals surface area (Å²) in [4.78, 5) is 16.0. The average molecular weight is 317 g/mol. The van der Waals surface area contributed by atoms with E-state index in [1.165, 1.54) is 44.8 Å². The van der Waals surface area contributed by atoms with Crippen molar-refractivity contribution in [1.29, 1.82) is 0 Å². The Labute approximate surface area is 138 Å². The maximum absolute atomic E-state index is 11.7. The van der Waals surface area contributed by atoms with E-state index in [9.17, 15) is 4.79 Å². The summed E-state index contributed by atoms with van der Waals surface area (Å²) in [6.07, 6.45) is 13.1. The minimum Gasteiger partial charge on any atom is -0.492 e. The monoisotopic (exact) mass is 317 g/mol. The Hall–Kier alpha value is -1.58. The van der Waals surface area contributed by atoms with Gasteiger partial charge in [0.2, 0.25) is 0 Å². The summed E-state index contributed by atoms with van der Waals surface area (Å²) in [7, 11) is 1.47. The molecule has 126 valence electrons. The molecule has 2 atom stereocenters.